The molecule has 0 saturated carbocycles. The number of nitrogens with zero attached hydrogens (tertiary/aromatic N) is 2. The highest BCUT2D eigenvalue weighted by molar-refractivity contribution is 5.63. The van der Waals surface area contributed by atoms with E-state index in [4.69, 9.17) is 10.2 Å². The molecule has 0 amide bonds. The number of aryl methyl sites for hydroxylation is 1. The van der Waals surface area contributed by atoms with Gasteiger partial charge in [-0.1, -0.05) is 60.2 Å². The van der Waals surface area contributed by atoms with Gasteiger partial charge in [-0.15, -0.1) is 0 Å². The van der Waals surface area contributed by atoms with E-state index in [1.54, 1.807) is 0 Å². The average molecular weight is 321 g/mol. The Morgan fingerprint density at radius 2 is 1.79 bits per heavy atom. The highest BCUT2D eigenvalue weighted by Crippen LogP contribution is 2.23. The lowest BCUT2D eigenvalue weighted by molar-refractivity contribution is 0.292. The summed E-state index contributed by atoms with van der Waals surface area (Å²) in [5.41, 5.74) is 5.72. The Balaban J connectivity index is 1.88. The van der Waals surface area contributed by atoms with E-state index in [9.17, 15) is 0 Å². The van der Waals surface area contributed by atoms with Crippen molar-refractivity contribution in [3.05, 3.63) is 77.5 Å². The summed E-state index contributed by atoms with van der Waals surface area (Å²) < 4.78 is 1.99. The molecule has 0 spiro atoms. The fraction of sp³-hybridized carbons (Fsp3) is 0.250. The molecule has 24 heavy (non-hydrogen) atoms. The van der Waals surface area contributed by atoms with E-state index in [2.05, 4.69) is 54.8 Å². The standard InChI is InChI=1S/C20H23N3O/c1-16-7-9-18(10-8-16)20-19(13-21-11-12-24)15-23(22-20)14-17-5-3-2-4-6-17/h2-10,15,21,24H,11-14H2,1H3. The van der Waals surface area contributed by atoms with Crippen molar-refractivity contribution >= 4 is 0 Å². The topological polar surface area (TPSA) is 50.1 Å². The van der Waals surface area contributed by atoms with Gasteiger partial charge in [0.25, 0.3) is 0 Å². The lowest BCUT2D eigenvalue weighted by Gasteiger charge is -2.04. The van der Waals surface area contributed by atoms with E-state index in [-0.39, 0.29) is 6.61 Å². The van der Waals surface area contributed by atoms with Gasteiger partial charge in [0.05, 0.1) is 18.8 Å². The molecule has 0 atom stereocenters. The van der Waals surface area contributed by atoms with Crippen molar-refractivity contribution in [3.63, 3.8) is 0 Å². The largest absolute Gasteiger partial charge is 0.395 e. The Kier molecular flexibility index (Phi) is 5.41. The Labute approximate surface area is 142 Å². The molecular formula is C20H23N3O. The van der Waals surface area contributed by atoms with Crippen molar-refractivity contribution in [2.24, 2.45) is 0 Å². The maximum atomic E-state index is 8.98. The van der Waals surface area contributed by atoms with Gasteiger partial charge in [-0.2, -0.15) is 5.10 Å². The Morgan fingerprint density at radius 1 is 1.04 bits per heavy atom. The van der Waals surface area contributed by atoms with Crippen LogP contribution in [-0.4, -0.2) is 28.0 Å². The van der Waals surface area contributed by atoms with Crippen molar-refractivity contribution in [1.29, 1.82) is 0 Å². The fourth-order valence-electron chi connectivity index (χ4n) is 2.70. The maximum absolute atomic E-state index is 8.98. The van der Waals surface area contributed by atoms with Crippen LogP contribution in [0.5, 0.6) is 0 Å². The van der Waals surface area contributed by atoms with E-state index in [1.165, 1.54) is 11.1 Å². The molecule has 4 heteroatoms. The number of aliphatic hydroxyl groups is 1. The van der Waals surface area contributed by atoms with Crippen molar-refractivity contribution in [1.82, 2.24) is 15.1 Å². The first-order chi connectivity index (χ1) is 11.8. The smallest absolute Gasteiger partial charge is 0.0968 e. The summed E-state index contributed by atoms with van der Waals surface area (Å²) in [5.74, 6) is 0. The molecule has 0 unspecified atom stereocenters. The number of nitrogens with one attached hydrogen (secondary N) is 1. The Hall–Kier alpha value is -2.43. The van der Waals surface area contributed by atoms with E-state index in [1.807, 2.05) is 22.9 Å². The van der Waals surface area contributed by atoms with Crippen LogP contribution in [0.4, 0.5) is 0 Å². The maximum Gasteiger partial charge on any atom is 0.0968 e. The van der Waals surface area contributed by atoms with Gasteiger partial charge in [-0.3, -0.25) is 4.68 Å². The molecule has 0 radical (unpaired) electrons. The molecule has 0 aliphatic heterocycles. The minimum Gasteiger partial charge on any atom is -0.395 e. The summed E-state index contributed by atoms with van der Waals surface area (Å²) in [5, 5.41) is 17.0. The van der Waals surface area contributed by atoms with Crippen molar-refractivity contribution < 1.29 is 5.11 Å². The summed E-state index contributed by atoms with van der Waals surface area (Å²) in [6.07, 6.45) is 2.09. The zero-order valence-corrected chi connectivity index (χ0v) is 13.9. The number of aliphatic hydroxyl groups excluding tert-OH is 1. The lowest BCUT2D eigenvalue weighted by atomic mass is 10.1. The molecule has 0 bridgehead atoms. The first kappa shape index (κ1) is 16.4. The van der Waals surface area contributed by atoms with Gasteiger partial charge in [0, 0.05) is 30.4 Å². The van der Waals surface area contributed by atoms with Crippen LogP contribution in [0.2, 0.25) is 0 Å². The van der Waals surface area contributed by atoms with Gasteiger partial charge in [0.1, 0.15) is 0 Å². The molecule has 124 valence electrons. The predicted molar refractivity (Wildman–Crippen MR) is 96.7 cm³/mol. The van der Waals surface area contributed by atoms with Gasteiger partial charge >= 0.3 is 0 Å². The van der Waals surface area contributed by atoms with Gasteiger partial charge in [-0.25, -0.2) is 0 Å². The van der Waals surface area contributed by atoms with Crippen molar-refractivity contribution in [2.45, 2.75) is 20.0 Å². The van der Waals surface area contributed by atoms with Crippen LogP contribution in [-0.2, 0) is 13.1 Å². The van der Waals surface area contributed by atoms with E-state index < -0.39 is 0 Å². The monoisotopic (exact) mass is 321 g/mol. The van der Waals surface area contributed by atoms with Crippen molar-refractivity contribution in [3.8, 4) is 11.3 Å². The fourth-order valence-corrected chi connectivity index (χ4v) is 2.70. The summed E-state index contributed by atoms with van der Waals surface area (Å²) >= 11 is 0. The SMILES string of the molecule is Cc1ccc(-c2nn(Cc3ccccc3)cc2CNCCO)cc1. The van der Waals surface area contributed by atoms with E-state index >= 15 is 0 Å². The van der Waals surface area contributed by atoms with Crippen molar-refractivity contribution in [2.75, 3.05) is 13.2 Å². The minimum absolute atomic E-state index is 0.137. The molecule has 0 aliphatic rings. The van der Waals surface area contributed by atoms with Crippen LogP contribution in [0.25, 0.3) is 11.3 Å². The van der Waals surface area contributed by atoms with Gasteiger partial charge < -0.3 is 10.4 Å². The van der Waals surface area contributed by atoms with Crippen LogP contribution in [0.1, 0.15) is 16.7 Å². The quantitative estimate of drug-likeness (QED) is 0.658. The Bertz CT molecular complexity index is 763. The summed E-state index contributed by atoms with van der Waals surface area (Å²) in [4.78, 5) is 0. The predicted octanol–water partition coefficient (Wildman–Crippen LogP) is 2.99. The summed E-state index contributed by atoms with van der Waals surface area (Å²) in [7, 11) is 0. The summed E-state index contributed by atoms with van der Waals surface area (Å²) in [6, 6.07) is 18.8. The van der Waals surface area contributed by atoms with Crippen LogP contribution >= 0.6 is 0 Å². The third-order valence-corrected chi connectivity index (χ3v) is 3.95. The van der Waals surface area contributed by atoms with Gasteiger partial charge in [0.15, 0.2) is 0 Å². The first-order valence-corrected chi connectivity index (χ1v) is 8.25. The molecule has 0 fully saturated rings. The van der Waals surface area contributed by atoms with Gasteiger partial charge in [-0.05, 0) is 12.5 Å². The second-order valence-corrected chi connectivity index (χ2v) is 5.95. The number of aromatic nitrogens is 2. The molecule has 4 nitrogen and oxygen atoms in total. The van der Waals surface area contributed by atoms with Crippen LogP contribution in [0.3, 0.4) is 0 Å². The highest BCUT2D eigenvalue weighted by Gasteiger charge is 2.11. The molecule has 0 saturated heterocycles. The minimum atomic E-state index is 0.137. The lowest BCUT2D eigenvalue weighted by Crippen LogP contribution is -2.17. The molecule has 0 aliphatic carbocycles. The second-order valence-electron chi connectivity index (χ2n) is 5.95. The van der Waals surface area contributed by atoms with Crippen LogP contribution < -0.4 is 5.32 Å². The second kappa shape index (κ2) is 7.90. The average Bonchev–Trinajstić information content (AvgIpc) is 2.99. The zero-order chi connectivity index (χ0) is 16.8. The molecule has 2 N–H and O–H groups in total. The zero-order valence-electron chi connectivity index (χ0n) is 13.9. The Morgan fingerprint density at radius 3 is 2.50 bits per heavy atom. The van der Waals surface area contributed by atoms with E-state index in [0.29, 0.717) is 13.1 Å². The molecule has 1 aromatic heterocycles. The number of hydrogen-bond acceptors (Lipinski definition) is 3. The highest BCUT2D eigenvalue weighted by atomic mass is 16.3. The first-order valence-electron chi connectivity index (χ1n) is 8.25. The third kappa shape index (κ3) is 4.10. The normalized spacial score (nSPS) is 10.9. The summed E-state index contributed by atoms with van der Waals surface area (Å²) in [6.45, 7) is 4.25. The molecule has 3 aromatic rings. The number of hydrogen-bond donors (Lipinski definition) is 2. The molecule has 2 aromatic carbocycles. The van der Waals surface area contributed by atoms with Crippen LogP contribution in [0.15, 0.2) is 60.8 Å². The van der Waals surface area contributed by atoms with E-state index in [0.717, 1.165) is 23.4 Å². The molecular weight excluding hydrogens is 298 g/mol. The van der Waals surface area contributed by atoms with Crippen LogP contribution in [0, 0.1) is 6.92 Å². The number of rotatable bonds is 7. The molecule has 1 heterocycles. The van der Waals surface area contributed by atoms with Gasteiger partial charge in [0.2, 0.25) is 0 Å². The number of benzene rings is 2. The molecule has 3 rings (SSSR count). The third-order valence-electron chi connectivity index (χ3n) is 3.95.